The fourth-order valence-electron chi connectivity index (χ4n) is 4.30. The van der Waals surface area contributed by atoms with E-state index in [4.69, 9.17) is 9.15 Å². The van der Waals surface area contributed by atoms with Crippen LogP contribution in [0.1, 0.15) is 34.1 Å². The number of nitrogens with zero attached hydrogens (tertiary/aromatic N) is 1. The summed E-state index contributed by atoms with van der Waals surface area (Å²) in [5.41, 5.74) is 1.13. The standard InChI is InChI=1S/C28H24F3NO6S/c1-4-23(33)26-21-13-20(17-6-5-7-18(12-17)28(34)37-2)22(32(15-25(30)31)39(3,35)36)14-24(21)38-27(26)16-8-10-19(29)11-9-16/h5-14,25H,4,15H2,1-3H3. The third kappa shape index (κ3) is 5.68. The van der Waals surface area contributed by atoms with Crippen LogP contribution in [0.3, 0.4) is 0 Å². The molecule has 0 N–H and O–H groups in total. The SMILES string of the molecule is CCC(=O)c1c(-c2ccc(F)cc2)oc2cc(N(CC(F)F)S(C)(=O)=O)c(-c3cccc(C(=O)OC)c3)cc12. The number of carbonyl (C=O) groups is 2. The van der Waals surface area contributed by atoms with E-state index in [-0.39, 0.29) is 45.9 Å². The van der Waals surface area contributed by atoms with Crippen molar-refractivity contribution >= 4 is 38.4 Å². The minimum Gasteiger partial charge on any atom is -0.465 e. The Kier molecular flexibility index (Phi) is 7.82. The normalized spacial score (nSPS) is 11.7. The Morgan fingerprint density at radius 2 is 1.72 bits per heavy atom. The monoisotopic (exact) mass is 559 g/mol. The van der Waals surface area contributed by atoms with Gasteiger partial charge < -0.3 is 9.15 Å². The van der Waals surface area contributed by atoms with E-state index in [9.17, 15) is 31.2 Å². The Morgan fingerprint density at radius 1 is 1.03 bits per heavy atom. The maximum absolute atomic E-state index is 13.6. The van der Waals surface area contributed by atoms with Gasteiger partial charge in [-0.2, -0.15) is 0 Å². The second-order valence-corrected chi connectivity index (χ2v) is 10.6. The topological polar surface area (TPSA) is 93.9 Å². The van der Waals surface area contributed by atoms with Crippen LogP contribution in [0, 0.1) is 5.82 Å². The number of anilines is 1. The summed E-state index contributed by atoms with van der Waals surface area (Å²) >= 11 is 0. The Balaban J connectivity index is 2.10. The van der Waals surface area contributed by atoms with Crippen LogP contribution < -0.4 is 4.31 Å². The molecule has 204 valence electrons. The third-order valence-electron chi connectivity index (χ3n) is 6.08. The first-order valence-electron chi connectivity index (χ1n) is 11.8. The van der Waals surface area contributed by atoms with Crippen molar-refractivity contribution in [3.63, 3.8) is 0 Å². The smallest absolute Gasteiger partial charge is 0.337 e. The van der Waals surface area contributed by atoms with E-state index in [2.05, 4.69) is 0 Å². The lowest BCUT2D eigenvalue weighted by Crippen LogP contribution is -2.34. The molecular weight excluding hydrogens is 535 g/mol. The Hall–Kier alpha value is -4.12. The number of carbonyl (C=O) groups excluding carboxylic acids is 2. The number of ketones is 1. The summed E-state index contributed by atoms with van der Waals surface area (Å²) in [4.78, 5) is 25.3. The van der Waals surface area contributed by atoms with Crippen LogP contribution in [0.15, 0.2) is 65.1 Å². The molecule has 7 nitrogen and oxygen atoms in total. The van der Waals surface area contributed by atoms with Gasteiger partial charge in [0.25, 0.3) is 6.43 Å². The van der Waals surface area contributed by atoms with E-state index in [1.807, 2.05) is 0 Å². The summed E-state index contributed by atoms with van der Waals surface area (Å²) in [7, 11) is -3.01. The molecular formula is C28H24F3NO6S. The molecule has 0 radical (unpaired) electrons. The molecule has 3 aromatic carbocycles. The van der Waals surface area contributed by atoms with Gasteiger partial charge in [-0.3, -0.25) is 9.10 Å². The zero-order valence-corrected chi connectivity index (χ0v) is 22.0. The quantitative estimate of drug-likeness (QED) is 0.176. The first-order chi connectivity index (χ1) is 18.4. The van der Waals surface area contributed by atoms with Gasteiger partial charge in [0.1, 0.15) is 17.2 Å². The summed E-state index contributed by atoms with van der Waals surface area (Å²) in [5, 5.41) is 0.300. The number of Topliss-reactive ketones (excluding diaryl/α,β-unsaturated/α-hetero) is 1. The average molecular weight is 560 g/mol. The number of hydrogen-bond donors (Lipinski definition) is 0. The summed E-state index contributed by atoms with van der Waals surface area (Å²) < 4.78 is 77.4. The molecule has 0 bridgehead atoms. The minimum atomic E-state index is -4.21. The molecule has 0 atom stereocenters. The summed E-state index contributed by atoms with van der Waals surface area (Å²) in [6.07, 6.45) is -2.11. The lowest BCUT2D eigenvalue weighted by molar-refractivity contribution is 0.0600. The zero-order chi connectivity index (χ0) is 28.5. The Morgan fingerprint density at radius 3 is 2.31 bits per heavy atom. The molecule has 39 heavy (non-hydrogen) atoms. The van der Waals surface area contributed by atoms with Crippen molar-refractivity contribution in [3.05, 3.63) is 77.6 Å². The molecule has 0 unspecified atom stereocenters. The molecule has 4 rings (SSSR count). The maximum Gasteiger partial charge on any atom is 0.337 e. The van der Waals surface area contributed by atoms with Crippen LogP contribution in [0.5, 0.6) is 0 Å². The highest BCUT2D eigenvalue weighted by molar-refractivity contribution is 7.92. The third-order valence-corrected chi connectivity index (χ3v) is 7.23. The largest absolute Gasteiger partial charge is 0.465 e. The predicted octanol–water partition coefficient (Wildman–Crippen LogP) is 6.32. The van der Waals surface area contributed by atoms with Crippen molar-refractivity contribution in [2.45, 2.75) is 19.8 Å². The molecule has 11 heteroatoms. The van der Waals surface area contributed by atoms with Gasteiger partial charge in [0, 0.05) is 29.0 Å². The second-order valence-electron chi connectivity index (χ2n) is 8.71. The summed E-state index contributed by atoms with van der Waals surface area (Å²) in [5.74, 6) is -1.33. The molecule has 1 heterocycles. The van der Waals surface area contributed by atoms with Crippen molar-refractivity contribution in [1.29, 1.82) is 0 Å². The number of fused-ring (bicyclic) bond motifs is 1. The van der Waals surface area contributed by atoms with Gasteiger partial charge >= 0.3 is 5.97 Å². The molecule has 0 aliphatic heterocycles. The number of methoxy groups -OCH3 is 1. The number of alkyl halides is 2. The number of rotatable bonds is 9. The van der Waals surface area contributed by atoms with Crippen molar-refractivity contribution in [1.82, 2.24) is 0 Å². The van der Waals surface area contributed by atoms with Crippen LogP contribution >= 0.6 is 0 Å². The lowest BCUT2D eigenvalue weighted by Gasteiger charge is -2.25. The van der Waals surface area contributed by atoms with Crippen LogP contribution in [0.4, 0.5) is 18.9 Å². The van der Waals surface area contributed by atoms with E-state index < -0.39 is 34.8 Å². The second kappa shape index (κ2) is 10.9. The van der Waals surface area contributed by atoms with Crippen molar-refractivity contribution in [2.75, 3.05) is 24.2 Å². The van der Waals surface area contributed by atoms with Crippen LogP contribution in [-0.4, -0.2) is 46.5 Å². The van der Waals surface area contributed by atoms with E-state index >= 15 is 0 Å². The van der Waals surface area contributed by atoms with Crippen molar-refractivity contribution in [3.8, 4) is 22.5 Å². The van der Waals surface area contributed by atoms with Gasteiger partial charge in [-0.05, 0) is 48.0 Å². The van der Waals surface area contributed by atoms with Gasteiger partial charge in [0.15, 0.2) is 5.78 Å². The lowest BCUT2D eigenvalue weighted by atomic mass is 9.95. The average Bonchev–Trinajstić information content (AvgIpc) is 3.28. The molecule has 0 saturated heterocycles. The Bertz CT molecular complexity index is 1660. The highest BCUT2D eigenvalue weighted by Gasteiger charge is 2.29. The van der Waals surface area contributed by atoms with Crippen LogP contribution in [0.2, 0.25) is 0 Å². The molecule has 0 saturated carbocycles. The first-order valence-corrected chi connectivity index (χ1v) is 13.6. The molecule has 0 aliphatic rings. The number of halogens is 3. The maximum atomic E-state index is 13.6. The number of sulfonamides is 1. The molecule has 1 aromatic heterocycles. The molecule has 0 fully saturated rings. The van der Waals surface area contributed by atoms with Crippen LogP contribution in [-0.2, 0) is 14.8 Å². The number of furan rings is 1. The van der Waals surface area contributed by atoms with Gasteiger partial charge in [-0.15, -0.1) is 0 Å². The number of esters is 1. The highest BCUT2D eigenvalue weighted by Crippen LogP contribution is 2.42. The number of hydrogen-bond acceptors (Lipinski definition) is 6. The minimum absolute atomic E-state index is 0.0666. The first kappa shape index (κ1) is 27.9. The molecule has 0 aliphatic carbocycles. The Labute approximate surface area is 222 Å². The fraction of sp³-hybridized carbons (Fsp3) is 0.214. The molecule has 4 aromatic rings. The number of benzene rings is 3. The fourth-order valence-corrected chi connectivity index (χ4v) is 5.19. The van der Waals surface area contributed by atoms with Crippen molar-refractivity contribution in [2.24, 2.45) is 0 Å². The van der Waals surface area contributed by atoms with E-state index in [1.165, 1.54) is 61.7 Å². The summed E-state index contributed by atoms with van der Waals surface area (Å²) in [6, 6.07) is 14.0. The van der Waals surface area contributed by atoms with Gasteiger partial charge in [0.2, 0.25) is 10.0 Å². The van der Waals surface area contributed by atoms with E-state index in [0.717, 1.165) is 6.26 Å². The zero-order valence-electron chi connectivity index (χ0n) is 21.2. The van der Waals surface area contributed by atoms with Gasteiger partial charge in [-0.25, -0.2) is 26.4 Å². The van der Waals surface area contributed by atoms with Gasteiger partial charge in [0.05, 0.1) is 36.7 Å². The summed E-state index contributed by atoms with van der Waals surface area (Å²) in [6.45, 7) is 0.513. The highest BCUT2D eigenvalue weighted by atomic mass is 32.2. The molecule has 0 spiro atoms. The van der Waals surface area contributed by atoms with Gasteiger partial charge in [-0.1, -0.05) is 19.1 Å². The molecule has 0 amide bonds. The predicted molar refractivity (Wildman–Crippen MR) is 141 cm³/mol. The van der Waals surface area contributed by atoms with E-state index in [0.29, 0.717) is 20.8 Å². The number of ether oxygens (including phenoxy) is 1. The van der Waals surface area contributed by atoms with Crippen molar-refractivity contribution < 1.29 is 40.3 Å². The van der Waals surface area contributed by atoms with Crippen LogP contribution in [0.25, 0.3) is 33.4 Å². The van der Waals surface area contributed by atoms with E-state index in [1.54, 1.807) is 13.0 Å².